The van der Waals surface area contributed by atoms with Gasteiger partial charge in [-0.1, -0.05) is 29.8 Å². The Bertz CT molecular complexity index is 508. The highest BCUT2D eigenvalue weighted by molar-refractivity contribution is 5.22. The lowest BCUT2D eigenvalue weighted by molar-refractivity contribution is 0.199. The second-order valence-electron chi connectivity index (χ2n) is 4.64. The third kappa shape index (κ3) is 4.19. The van der Waals surface area contributed by atoms with Gasteiger partial charge in [-0.15, -0.1) is 0 Å². The highest BCUT2D eigenvalue weighted by atomic mass is 16.5. The van der Waals surface area contributed by atoms with Gasteiger partial charge >= 0.3 is 0 Å². The molecule has 0 atom stereocenters. The average Bonchev–Trinajstić information content (AvgIpc) is 2.82. The monoisotopic (exact) mass is 259 g/mol. The molecule has 4 heteroatoms. The molecule has 0 bridgehead atoms. The van der Waals surface area contributed by atoms with Crippen molar-refractivity contribution in [3.63, 3.8) is 0 Å². The van der Waals surface area contributed by atoms with Crippen LogP contribution in [0.1, 0.15) is 16.8 Å². The van der Waals surface area contributed by atoms with Gasteiger partial charge in [0.1, 0.15) is 0 Å². The molecule has 0 aliphatic heterocycles. The van der Waals surface area contributed by atoms with Crippen molar-refractivity contribution in [2.45, 2.75) is 20.0 Å². The lowest BCUT2D eigenvalue weighted by Gasteiger charge is -2.09. The molecule has 1 aromatic carbocycles. The Morgan fingerprint density at radius 3 is 3.00 bits per heavy atom. The summed E-state index contributed by atoms with van der Waals surface area (Å²) < 4.78 is 7.05. The number of ether oxygens (including phenoxy) is 1. The van der Waals surface area contributed by atoms with E-state index in [1.807, 2.05) is 10.9 Å². The largest absolute Gasteiger partial charge is 0.383 e. The molecule has 0 fully saturated rings. The molecule has 1 heterocycles. The Kier molecular flexibility index (Phi) is 5.12. The van der Waals surface area contributed by atoms with E-state index in [4.69, 9.17) is 4.74 Å². The van der Waals surface area contributed by atoms with Crippen LogP contribution in [0.4, 0.5) is 0 Å². The predicted octanol–water partition coefficient (Wildman–Crippen LogP) is 1.98. The Hall–Kier alpha value is -1.65. The maximum absolute atomic E-state index is 5.02. The van der Waals surface area contributed by atoms with Gasteiger partial charge in [-0.05, 0) is 18.6 Å². The van der Waals surface area contributed by atoms with E-state index in [2.05, 4.69) is 47.7 Å². The zero-order valence-corrected chi connectivity index (χ0v) is 11.6. The molecule has 0 amide bonds. The van der Waals surface area contributed by atoms with E-state index in [1.54, 1.807) is 7.11 Å². The minimum Gasteiger partial charge on any atom is -0.383 e. The van der Waals surface area contributed by atoms with Gasteiger partial charge in [0.25, 0.3) is 0 Å². The second-order valence-corrected chi connectivity index (χ2v) is 4.64. The van der Waals surface area contributed by atoms with Crippen LogP contribution in [0, 0.1) is 6.92 Å². The molecule has 0 radical (unpaired) electrons. The molecule has 0 saturated carbocycles. The van der Waals surface area contributed by atoms with Gasteiger partial charge in [0, 0.05) is 26.4 Å². The first-order chi connectivity index (χ1) is 9.29. The quantitative estimate of drug-likeness (QED) is 0.773. The number of hydrogen-bond acceptors (Lipinski definition) is 3. The van der Waals surface area contributed by atoms with E-state index in [0.29, 0.717) is 0 Å². The van der Waals surface area contributed by atoms with E-state index < -0.39 is 0 Å². The first-order valence-electron chi connectivity index (χ1n) is 6.55. The number of aryl methyl sites for hydroxylation is 1. The molecule has 0 saturated heterocycles. The summed E-state index contributed by atoms with van der Waals surface area (Å²) in [6.45, 7) is 5.32. The summed E-state index contributed by atoms with van der Waals surface area (Å²) in [5.41, 5.74) is 3.75. The molecule has 1 N–H and O–H groups in total. The molecule has 4 nitrogen and oxygen atoms in total. The van der Waals surface area contributed by atoms with Crippen LogP contribution < -0.4 is 5.32 Å². The molecule has 0 spiro atoms. The highest BCUT2D eigenvalue weighted by Gasteiger charge is 2.03. The lowest BCUT2D eigenvalue weighted by atomic mass is 10.1. The van der Waals surface area contributed by atoms with Crippen molar-refractivity contribution in [2.75, 3.05) is 20.3 Å². The van der Waals surface area contributed by atoms with Crippen molar-refractivity contribution in [1.82, 2.24) is 15.1 Å². The fourth-order valence-electron chi connectivity index (χ4n) is 2.03. The zero-order chi connectivity index (χ0) is 13.5. The van der Waals surface area contributed by atoms with Crippen LogP contribution in [-0.4, -0.2) is 30.0 Å². The molecule has 0 aliphatic rings. The lowest BCUT2D eigenvalue weighted by Crippen LogP contribution is -2.21. The molecule has 2 aromatic rings. The van der Waals surface area contributed by atoms with Crippen molar-refractivity contribution in [3.8, 4) is 0 Å². The molecule has 19 heavy (non-hydrogen) atoms. The number of rotatable bonds is 7. The van der Waals surface area contributed by atoms with Crippen LogP contribution >= 0.6 is 0 Å². The van der Waals surface area contributed by atoms with E-state index in [0.717, 1.165) is 26.2 Å². The average molecular weight is 259 g/mol. The minimum atomic E-state index is 0.728. The van der Waals surface area contributed by atoms with Gasteiger partial charge in [0.05, 0.1) is 18.8 Å². The standard InChI is InChI=1S/C15H21N3O/c1-13-4-3-5-14(10-13)12-18-15(6-7-17-18)11-16-8-9-19-2/h3-7,10,16H,8-9,11-12H2,1-2H3. The van der Waals surface area contributed by atoms with Crippen molar-refractivity contribution >= 4 is 0 Å². The Morgan fingerprint density at radius 1 is 1.32 bits per heavy atom. The summed E-state index contributed by atoms with van der Waals surface area (Å²) in [6, 6.07) is 10.6. The number of nitrogens with zero attached hydrogens (tertiary/aromatic N) is 2. The third-order valence-corrected chi connectivity index (χ3v) is 3.01. The highest BCUT2D eigenvalue weighted by Crippen LogP contribution is 2.08. The van der Waals surface area contributed by atoms with E-state index in [1.165, 1.54) is 16.8 Å². The second kappa shape index (κ2) is 7.07. The summed E-state index contributed by atoms with van der Waals surface area (Å²) in [5, 5.41) is 7.73. The Morgan fingerprint density at radius 2 is 2.21 bits per heavy atom. The van der Waals surface area contributed by atoms with Crippen molar-refractivity contribution < 1.29 is 4.74 Å². The number of benzene rings is 1. The van der Waals surface area contributed by atoms with Crippen LogP contribution in [0.15, 0.2) is 36.5 Å². The topological polar surface area (TPSA) is 39.1 Å². The maximum Gasteiger partial charge on any atom is 0.0663 e. The van der Waals surface area contributed by atoms with Gasteiger partial charge in [-0.2, -0.15) is 5.10 Å². The Labute approximate surface area is 114 Å². The molecular formula is C15H21N3O. The summed E-state index contributed by atoms with van der Waals surface area (Å²) in [4.78, 5) is 0. The van der Waals surface area contributed by atoms with E-state index in [-0.39, 0.29) is 0 Å². The van der Waals surface area contributed by atoms with Crippen molar-refractivity contribution in [3.05, 3.63) is 53.3 Å². The summed E-state index contributed by atoms with van der Waals surface area (Å²) >= 11 is 0. The van der Waals surface area contributed by atoms with Crippen LogP contribution in [0.3, 0.4) is 0 Å². The van der Waals surface area contributed by atoms with Crippen molar-refractivity contribution in [1.29, 1.82) is 0 Å². The minimum absolute atomic E-state index is 0.728. The van der Waals surface area contributed by atoms with E-state index in [9.17, 15) is 0 Å². The predicted molar refractivity (Wildman–Crippen MR) is 76.1 cm³/mol. The maximum atomic E-state index is 5.02. The first kappa shape index (κ1) is 13.8. The normalized spacial score (nSPS) is 10.8. The van der Waals surface area contributed by atoms with Gasteiger partial charge in [-0.25, -0.2) is 0 Å². The summed E-state index contributed by atoms with van der Waals surface area (Å²) in [7, 11) is 1.71. The molecule has 0 aliphatic carbocycles. The molecule has 102 valence electrons. The number of nitrogens with one attached hydrogen (secondary N) is 1. The molecule has 0 unspecified atom stereocenters. The van der Waals surface area contributed by atoms with Gasteiger partial charge < -0.3 is 10.1 Å². The summed E-state index contributed by atoms with van der Waals surface area (Å²) in [5.74, 6) is 0. The SMILES string of the molecule is COCCNCc1ccnn1Cc1cccc(C)c1. The molecular weight excluding hydrogens is 238 g/mol. The molecule has 2 rings (SSSR count). The van der Waals surface area contributed by atoms with Crippen LogP contribution in [0.5, 0.6) is 0 Å². The zero-order valence-electron chi connectivity index (χ0n) is 11.6. The summed E-state index contributed by atoms with van der Waals surface area (Å²) in [6.07, 6.45) is 1.85. The number of hydrogen-bond donors (Lipinski definition) is 1. The van der Waals surface area contributed by atoms with E-state index >= 15 is 0 Å². The molecule has 1 aromatic heterocycles. The van der Waals surface area contributed by atoms with Gasteiger partial charge in [0.15, 0.2) is 0 Å². The number of methoxy groups -OCH3 is 1. The third-order valence-electron chi connectivity index (χ3n) is 3.01. The fraction of sp³-hybridized carbons (Fsp3) is 0.400. The smallest absolute Gasteiger partial charge is 0.0663 e. The van der Waals surface area contributed by atoms with Gasteiger partial charge in [0.2, 0.25) is 0 Å². The fourth-order valence-corrected chi connectivity index (χ4v) is 2.03. The van der Waals surface area contributed by atoms with Crippen LogP contribution in [0.2, 0.25) is 0 Å². The van der Waals surface area contributed by atoms with Crippen LogP contribution in [-0.2, 0) is 17.8 Å². The Balaban J connectivity index is 1.95. The van der Waals surface area contributed by atoms with Crippen molar-refractivity contribution in [2.24, 2.45) is 0 Å². The first-order valence-corrected chi connectivity index (χ1v) is 6.55. The van der Waals surface area contributed by atoms with Crippen LogP contribution in [0.25, 0.3) is 0 Å². The number of aromatic nitrogens is 2. The van der Waals surface area contributed by atoms with Gasteiger partial charge in [-0.3, -0.25) is 4.68 Å².